The highest BCUT2D eigenvalue weighted by atomic mass is 16.2. The Morgan fingerprint density at radius 3 is 2.55 bits per heavy atom. The summed E-state index contributed by atoms with van der Waals surface area (Å²) < 4.78 is 0. The van der Waals surface area contributed by atoms with Gasteiger partial charge in [-0.05, 0) is 48.7 Å². The zero-order valence-electron chi connectivity index (χ0n) is 12.6. The first kappa shape index (κ1) is 14.3. The molecule has 2 N–H and O–H groups in total. The first-order valence-corrected chi connectivity index (χ1v) is 7.31. The van der Waals surface area contributed by atoms with Gasteiger partial charge in [0.2, 0.25) is 11.8 Å². The third kappa shape index (κ3) is 2.86. The molecule has 2 aromatic rings. The molecule has 2 amide bonds. The molecule has 1 unspecified atom stereocenters. The molecule has 4 nitrogen and oxygen atoms in total. The lowest BCUT2D eigenvalue weighted by molar-refractivity contribution is -0.123. The smallest absolute Gasteiger partial charge is 0.232 e. The van der Waals surface area contributed by atoms with Crippen LogP contribution in [0.25, 0.3) is 0 Å². The molecule has 0 radical (unpaired) electrons. The average Bonchev–Trinajstić information content (AvgIpc) is 2.45. The molecule has 0 bridgehead atoms. The van der Waals surface area contributed by atoms with E-state index in [2.05, 4.69) is 16.7 Å². The number of carbonyl (C=O) groups excluding carboxylic acids is 2. The van der Waals surface area contributed by atoms with Gasteiger partial charge in [-0.3, -0.25) is 9.59 Å². The molecular weight excluding hydrogens is 276 g/mol. The van der Waals surface area contributed by atoms with Crippen LogP contribution >= 0.6 is 0 Å². The van der Waals surface area contributed by atoms with E-state index >= 15 is 0 Å². The Labute approximate surface area is 129 Å². The number of aryl methyl sites for hydroxylation is 2. The normalized spacial score (nSPS) is 16.6. The second kappa shape index (κ2) is 5.64. The van der Waals surface area contributed by atoms with Crippen molar-refractivity contribution in [3.63, 3.8) is 0 Å². The largest absolute Gasteiger partial charge is 0.326 e. The number of benzene rings is 2. The number of nitrogens with one attached hydrogen (secondary N) is 2. The van der Waals surface area contributed by atoms with Crippen molar-refractivity contribution in [2.45, 2.75) is 26.2 Å². The fraction of sp³-hybridized carbons (Fsp3) is 0.222. The molecule has 3 rings (SSSR count). The Morgan fingerprint density at radius 2 is 1.82 bits per heavy atom. The molecule has 0 saturated heterocycles. The molecule has 1 aliphatic heterocycles. The summed E-state index contributed by atoms with van der Waals surface area (Å²) in [6.45, 7) is 3.98. The van der Waals surface area contributed by atoms with Crippen LogP contribution in [0.15, 0.2) is 42.5 Å². The zero-order chi connectivity index (χ0) is 15.7. The van der Waals surface area contributed by atoms with E-state index in [1.54, 1.807) is 0 Å². The SMILES string of the molecule is Cc1cc(C)cc(NC(=O)C2CC(=O)Nc3ccccc32)c1. The predicted octanol–water partition coefficient (Wildman–Crippen LogP) is 3.37. The monoisotopic (exact) mass is 294 g/mol. The van der Waals surface area contributed by atoms with E-state index in [4.69, 9.17) is 0 Å². The van der Waals surface area contributed by atoms with Crippen LogP contribution in [-0.4, -0.2) is 11.8 Å². The van der Waals surface area contributed by atoms with Gasteiger partial charge in [0.25, 0.3) is 0 Å². The highest BCUT2D eigenvalue weighted by Gasteiger charge is 2.30. The van der Waals surface area contributed by atoms with Gasteiger partial charge < -0.3 is 10.6 Å². The van der Waals surface area contributed by atoms with Crippen molar-refractivity contribution >= 4 is 23.2 Å². The summed E-state index contributed by atoms with van der Waals surface area (Å²) in [5.74, 6) is -0.725. The minimum atomic E-state index is -0.453. The van der Waals surface area contributed by atoms with Crippen molar-refractivity contribution < 1.29 is 9.59 Å². The van der Waals surface area contributed by atoms with Gasteiger partial charge in [-0.1, -0.05) is 24.3 Å². The van der Waals surface area contributed by atoms with E-state index in [0.29, 0.717) is 0 Å². The Balaban J connectivity index is 1.87. The number of anilines is 2. The maximum absolute atomic E-state index is 12.6. The van der Waals surface area contributed by atoms with Crippen LogP contribution in [0.2, 0.25) is 0 Å². The summed E-state index contributed by atoms with van der Waals surface area (Å²) in [4.78, 5) is 24.4. The van der Waals surface area contributed by atoms with Gasteiger partial charge in [0.05, 0.1) is 5.92 Å². The van der Waals surface area contributed by atoms with E-state index in [0.717, 1.165) is 28.1 Å². The van der Waals surface area contributed by atoms with Crippen LogP contribution in [0.4, 0.5) is 11.4 Å². The third-order valence-corrected chi connectivity index (χ3v) is 3.81. The van der Waals surface area contributed by atoms with E-state index in [1.807, 2.05) is 50.2 Å². The van der Waals surface area contributed by atoms with Gasteiger partial charge in [-0.25, -0.2) is 0 Å². The maximum atomic E-state index is 12.6. The molecular formula is C18H18N2O2. The van der Waals surface area contributed by atoms with Crippen LogP contribution < -0.4 is 10.6 Å². The van der Waals surface area contributed by atoms with Crippen molar-refractivity contribution in [3.8, 4) is 0 Å². The number of carbonyl (C=O) groups is 2. The second-order valence-electron chi connectivity index (χ2n) is 5.76. The minimum Gasteiger partial charge on any atom is -0.326 e. The maximum Gasteiger partial charge on any atom is 0.232 e. The lowest BCUT2D eigenvalue weighted by Gasteiger charge is -2.24. The predicted molar refractivity (Wildman–Crippen MR) is 87.0 cm³/mol. The van der Waals surface area contributed by atoms with Gasteiger partial charge in [0.1, 0.15) is 0 Å². The molecule has 0 spiro atoms. The third-order valence-electron chi connectivity index (χ3n) is 3.81. The Bertz CT molecular complexity index is 732. The van der Waals surface area contributed by atoms with Crippen molar-refractivity contribution in [2.75, 3.05) is 10.6 Å². The van der Waals surface area contributed by atoms with E-state index in [-0.39, 0.29) is 18.2 Å². The number of hydrogen-bond donors (Lipinski definition) is 2. The summed E-state index contributed by atoms with van der Waals surface area (Å²) in [5.41, 5.74) is 4.54. The van der Waals surface area contributed by atoms with Crippen LogP contribution in [-0.2, 0) is 9.59 Å². The molecule has 1 aliphatic rings. The van der Waals surface area contributed by atoms with E-state index in [1.165, 1.54) is 0 Å². The molecule has 0 aliphatic carbocycles. The van der Waals surface area contributed by atoms with Crippen molar-refractivity contribution in [3.05, 3.63) is 59.2 Å². The first-order chi connectivity index (χ1) is 10.5. The molecule has 112 valence electrons. The molecule has 0 fully saturated rings. The van der Waals surface area contributed by atoms with Crippen LogP contribution in [0.5, 0.6) is 0 Å². The molecule has 1 atom stereocenters. The number of para-hydroxylation sites is 1. The second-order valence-corrected chi connectivity index (χ2v) is 5.76. The standard InChI is InChI=1S/C18H18N2O2/c1-11-7-12(2)9-13(8-11)19-18(22)15-10-17(21)20-16-6-4-3-5-14(15)16/h3-9,15H,10H2,1-2H3,(H,19,22)(H,20,21). The summed E-state index contributed by atoms with van der Waals surface area (Å²) in [7, 11) is 0. The molecule has 0 saturated carbocycles. The van der Waals surface area contributed by atoms with Crippen LogP contribution in [0, 0.1) is 13.8 Å². The average molecular weight is 294 g/mol. The Morgan fingerprint density at radius 1 is 1.14 bits per heavy atom. The number of fused-ring (bicyclic) bond motifs is 1. The molecule has 4 heteroatoms. The van der Waals surface area contributed by atoms with Gasteiger partial charge in [-0.15, -0.1) is 0 Å². The van der Waals surface area contributed by atoms with Gasteiger partial charge in [0, 0.05) is 17.8 Å². The van der Waals surface area contributed by atoms with Gasteiger partial charge in [-0.2, -0.15) is 0 Å². The van der Waals surface area contributed by atoms with Crippen molar-refractivity contribution in [1.82, 2.24) is 0 Å². The summed E-state index contributed by atoms with van der Waals surface area (Å²) in [5, 5.41) is 5.74. The van der Waals surface area contributed by atoms with E-state index in [9.17, 15) is 9.59 Å². The summed E-state index contributed by atoms with van der Waals surface area (Å²) >= 11 is 0. The highest BCUT2D eigenvalue weighted by Crippen LogP contribution is 2.32. The highest BCUT2D eigenvalue weighted by molar-refractivity contribution is 6.05. The fourth-order valence-corrected chi connectivity index (χ4v) is 2.92. The van der Waals surface area contributed by atoms with Crippen LogP contribution in [0.1, 0.15) is 29.0 Å². The Hall–Kier alpha value is -2.62. The molecule has 2 aromatic carbocycles. The number of rotatable bonds is 2. The van der Waals surface area contributed by atoms with Gasteiger partial charge in [0.15, 0.2) is 0 Å². The topological polar surface area (TPSA) is 58.2 Å². The number of amides is 2. The summed E-state index contributed by atoms with van der Waals surface area (Å²) in [6.07, 6.45) is 0.174. The molecule has 1 heterocycles. The van der Waals surface area contributed by atoms with Crippen molar-refractivity contribution in [2.24, 2.45) is 0 Å². The van der Waals surface area contributed by atoms with E-state index < -0.39 is 5.92 Å². The lowest BCUT2D eigenvalue weighted by Crippen LogP contribution is -2.30. The quantitative estimate of drug-likeness (QED) is 0.892. The molecule has 0 aromatic heterocycles. The molecule has 22 heavy (non-hydrogen) atoms. The number of hydrogen-bond acceptors (Lipinski definition) is 2. The first-order valence-electron chi connectivity index (χ1n) is 7.31. The Kier molecular flexibility index (Phi) is 3.67. The van der Waals surface area contributed by atoms with Crippen LogP contribution in [0.3, 0.4) is 0 Å². The minimum absolute atomic E-state index is 0.126. The summed E-state index contributed by atoms with van der Waals surface area (Å²) in [6, 6.07) is 13.4. The fourth-order valence-electron chi connectivity index (χ4n) is 2.92. The lowest BCUT2D eigenvalue weighted by atomic mass is 9.89. The van der Waals surface area contributed by atoms with Crippen molar-refractivity contribution in [1.29, 1.82) is 0 Å². The van der Waals surface area contributed by atoms with Gasteiger partial charge >= 0.3 is 0 Å². The zero-order valence-corrected chi connectivity index (χ0v) is 12.6.